The average molecular weight is 268 g/mol. The van der Waals surface area contributed by atoms with Crippen LogP contribution in [0.5, 0.6) is 0 Å². The van der Waals surface area contributed by atoms with Crippen molar-refractivity contribution >= 4 is 0 Å². The molecule has 0 bridgehead atoms. The maximum atomic E-state index is 6.00. The second-order valence-corrected chi connectivity index (χ2v) is 6.38. The van der Waals surface area contributed by atoms with Crippen LogP contribution in [-0.4, -0.2) is 62.5 Å². The van der Waals surface area contributed by atoms with E-state index in [1.807, 2.05) is 7.11 Å². The molecule has 3 aliphatic rings. The fourth-order valence-corrected chi connectivity index (χ4v) is 3.85. The van der Waals surface area contributed by atoms with Gasteiger partial charge in [-0.1, -0.05) is 0 Å². The maximum Gasteiger partial charge on any atom is 0.0827 e. The number of nitrogens with one attached hydrogen (secondary N) is 1. The lowest BCUT2D eigenvalue weighted by Gasteiger charge is -2.36. The normalized spacial score (nSPS) is 40.3. The van der Waals surface area contributed by atoms with Crippen molar-refractivity contribution < 1.29 is 9.47 Å². The molecule has 1 N–H and O–H groups in total. The van der Waals surface area contributed by atoms with Crippen LogP contribution in [0, 0.1) is 0 Å². The highest BCUT2D eigenvalue weighted by Gasteiger charge is 2.32. The Morgan fingerprint density at radius 1 is 1.26 bits per heavy atom. The second-order valence-electron chi connectivity index (χ2n) is 6.38. The summed E-state index contributed by atoms with van der Waals surface area (Å²) in [6.45, 7) is 4.35. The smallest absolute Gasteiger partial charge is 0.0827 e. The predicted molar refractivity (Wildman–Crippen MR) is 75.4 cm³/mol. The number of nitrogens with zero attached hydrogens (tertiary/aromatic N) is 1. The van der Waals surface area contributed by atoms with Gasteiger partial charge in [0.15, 0.2) is 0 Å². The number of ether oxygens (including phenoxy) is 2. The van der Waals surface area contributed by atoms with E-state index in [9.17, 15) is 0 Å². The monoisotopic (exact) mass is 268 g/mol. The van der Waals surface area contributed by atoms with E-state index in [1.165, 1.54) is 38.6 Å². The Hall–Kier alpha value is -0.160. The van der Waals surface area contributed by atoms with Crippen molar-refractivity contribution in [2.75, 3.05) is 33.4 Å². The summed E-state index contributed by atoms with van der Waals surface area (Å²) in [6, 6.07) is 1.34. The second kappa shape index (κ2) is 6.53. The van der Waals surface area contributed by atoms with Crippen LogP contribution < -0.4 is 5.32 Å². The highest BCUT2D eigenvalue weighted by molar-refractivity contribution is 4.87. The lowest BCUT2D eigenvalue weighted by Crippen LogP contribution is -2.51. The predicted octanol–water partition coefficient (Wildman–Crippen LogP) is 1.40. The third kappa shape index (κ3) is 3.48. The van der Waals surface area contributed by atoms with E-state index in [1.54, 1.807) is 0 Å². The fourth-order valence-electron chi connectivity index (χ4n) is 3.85. The molecular weight excluding hydrogens is 240 g/mol. The van der Waals surface area contributed by atoms with Gasteiger partial charge in [-0.2, -0.15) is 0 Å². The Balaban J connectivity index is 1.40. The van der Waals surface area contributed by atoms with Crippen LogP contribution in [0.3, 0.4) is 0 Å². The van der Waals surface area contributed by atoms with Crippen LogP contribution in [0.15, 0.2) is 0 Å². The van der Waals surface area contributed by atoms with E-state index < -0.39 is 0 Å². The molecule has 3 rings (SSSR count). The maximum absolute atomic E-state index is 6.00. The minimum absolute atomic E-state index is 0.386. The summed E-state index contributed by atoms with van der Waals surface area (Å²) < 4.78 is 11.5. The van der Waals surface area contributed by atoms with Crippen molar-refractivity contribution in [3.05, 3.63) is 0 Å². The van der Waals surface area contributed by atoms with E-state index in [-0.39, 0.29) is 0 Å². The van der Waals surface area contributed by atoms with Crippen molar-refractivity contribution in [2.24, 2.45) is 0 Å². The van der Waals surface area contributed by atoms with Gasteiger partial charge < -0.3 is 14.8 Å². The minimum atomic E-state index is 0.386. The summed E-state index contributed by atoms with van der Waals surface area (Å²) in [5, 5.41) is 3.70. The largest absolute Gasteiger partial charge is 0.381 e. The molecule has 2 aliphatic heterocycles. The van der Waals surface area contributed by atoms with Crippen LogP contribution in [-0.2, 0) is 9.47 Å². The molecule has 4 heteroatoms. The fraction of sp³-hybridized carbons (Fsp3) is 1.00. The molecule has 0 aromatic heterocycles. The van der Waals surface area contributed by atoms with Crippen LogP contribution in [0.1, 0.15) is 38.5 Å². The molecule has 1 aliphatic carbocycles. The summed E-state index contributed by atoms with van der Waals surface area (Å²) in [6.07, 6.45) is 8.50. The molecule has 0 aromatic rings. The molecule has 0 radical (unpaired) electrons. The van der Waals surface area contributed by atoms with Gasteiger partial charge in [-0.3, -0.25) is 4.90 Å². The first-order valence-electron chi connectivity index (χ1n) is 7.97. The van der Waals surface area contributed by atoms with E-state index in [4.69, 9.17) is 9.47 Å². The van der Waals surface area contributed by atoms with Gasteiger partial charge in [0.05, 0.1) is 18.8 Å². The highest BCUT2D eigenvalue weighted by Crippen LogP contribution is 2.23. The Morgan fingerprint density at radius 3 is 3.11 bits per heavy atom. The Bertz CT molecular complexity index is 287. The summed E-state index contributed by atoms with van der Waals surface area (Å²) in [5.74, 6) is 0. The molecule has 19 heavy (non-hydrogen) atoms. The van der Waals surface area contributed by atoms with E-state index in [0.29, 0.717) is 24.3 Å². The molecule has 4 atom stereocenters. The first-order chi connectivity index (χ1) is 9.35. The van der Waals surface area contributed by atoms with Gasteiger partial charge in [0.1, 0.15) is 0 Å². The molecule has 110 valence electrons. The van der Waals surface area contributed by atoms with Crippen molar-refractivity contribution in [1.29, 1.82) is 0 Å². The SMILES string of the molecule is COC1CCCC(NCC2CN3CCCC3CO2)C1. The first kappa shape index (κ1) is 13.8. The third-order valence-corrected chi connectivity index (χ3v) is 5.06. The molecule has 0 spiro atoms. The van der Waals surface area contributed by atoms with Crippen LogP contribution in [0.25, 0.3) is 0 Å². The summed E-state index contributed by atoms with van der Waals surface area (Å²) >= 11 is 0. The van der Waals surface area contributed by atoms with Gasteiger partial charge in [0, 0.05) is 32.3 Å². The standard InChI is InChI=1S/C15H28N2O2/c1-18-14-6-2-4-12(8-14)16-9-15-10-17-7-3-5-13(17)11-19-15/h12-16H,2-11H2,1H3. The van der Waals surface area contributed by atoms with Crippen LogP contribution in [0.4, 0.5) is 0 Å². The average Bonchev–Trinajstić information content (AvgIpc) is 2.93. The number of hydrogen-bond acceptors (Lipinski definition) is 4. The zero-order valence-corrected chi connectivity index (χ0v) is 12.1. The Labute approximate surface area is 116 Å². The number of methoxy groups -OCH3 is 1. The quantitative estimate of drug-likeness (QED) is 0.835. The van der Waals surface area contributed by atoms with E-state index in [2.05, 4.69) is 10.2 Å². The molecule has 0 amide bonds. The zero-order valence-electron chi connectivity index (χ0n) is 12.1. The third-order valence-electron chi connectivity index (χ3n) is 5.06. The van der Waals surface area contributed by atoms with Gasteiger partial charge in [-0.05, 0) is 45.1 Å². The summed E-state index contributed by atoms with van der Waals surface area (Å²) in [7, 11) is 1.84. The first-order valence-corrected chi connectivity index (χ1v) is 7.97. The topological polar surface area (TPSA) is 33.7 Å². The van der Waals surface area contributed by atoms with Crippen LogP contribution >= 0.6 is 0 Å². The molecule has 2 saturated heterocycles. The van der Waals surface area contributed by atoms with Crippen molar-refractivity contribution in [3.63, 3.8) is 0 Å². The van der Waals surface area contributed by atoms with Gasteiger partial charge >= 0.3 is 0 Å². The van der Waals surface area contributed by atoms with E-state index >= 15 is 0 Å². The summed E-state index contributed by atoms with van der Waals surface area (Å²) in [5.41, 5.74) is 0. The molecule has 4 nitrogen and oxygen atoms in total. The number of hydrogen-bond donors (Lipinski definition) is 1. The van der Waals surface area contributed by atoms with Gasteiger partial charge in [0.25, 0.3) is 0 Å². The van der Waals surface area contributed by atoms with Crippen LogP contribution in [0.2, 0.25) is 0 Å². The summed E-state index contributed by atoms with van der Waals surface area (Å²) in [4.78, 5) is 2.62. The minimum Gasteiger partial charge on any atom is -0.381 e. The molecule has 4 unspecified atom stereocenters. The van der Waals surface area contributed by atoms with Crippen molar-refractivity contribution in [3.8, 4) is 0 Å². The van der Waals surface area contributed by atoms with Crippen molar-refractivity contribution in [1.82, 2.24) is 10.2 Å². The molecular formula is C15H28N2O2. The molecule has 2 heterocycles. The zero-order chi connectivity index (χ0) is 13.1. The van der Waals surface area contributed by atoms with Crippen molar-refractivity contribution in [2.45, 2.75) is 62.8 Å². The highest BCUT2D eigenvalue weighted by atomic mass is 16.5. The van der Waals surface area contributed by atoms with Gasteiger partial charge in [-0.25, -0.2) is 0 Å². The Morgan fingerprint density at radius 2 is 2.21 bits per heavy atom. The molecule has 3 fully saturated rings. The molecule has 1 saturated carbocycles. The lowest BCUT2D eigenvalue weighted by molar-refractivity contribution is -0.0491. The number of rotatable bonds is 4. The number of fused-ring (bicyclic) bond motifs is 1. The lowest BCUT2D eigenvalue weighted by atomic mass is 9.93. The Kier molecular flexibility index (Phi) is 4.74. The van der Waals surface area contributed by atoms with Gasteiger partial charge in [0.2, 0.25) is 0 Å². The van der Waals surface area contributed by atoms with E-state index in [0.717, 1.165) is 26.1 Å². The number of morpholine rings is 1. The van der Waals surface area contributed by atoms with Gasteiger partial charge in [-0.15, -0.1) is 0 Å². The molecule has 0 aromatic carbocycles.